The fourth-order valence-corrected chi connectivity index (χ4v) is 2.43. The molecule has 3 rings (SSSR count). The normalized spacial score (nSPS) is 17.7. The SMILES string of the molecule is Cl.Cl.O=C(N[C@H]1CCCNC1)c1cc(F)cc2[nH]cnc12. The van der Waals surface area contributed by atoms with Gasteiger partial charge in [0.15, 0.2) is 0 Å². The van der Waals surface area contributed by atoms with Crippen molar-refractivity contribution in [2.45, 2.75) is 18.9 Å². The van der Waals surface area contributed by atoms with Crippen LogP contribution in [0.15, 0.2) is 18.5 Å². The zero-order valence-corrected chi connectivity index (χ0v) is 12.8. The molecule has 0 radical (unpaired) electrons. The summed E-state index contributed by atoms with van der Waals surface area (Å²) < 4.78 is 13.5. The molecule has 21 heavy (non-hydrogen) atoms. The molecule has 1 aromatic heterocycles. The summed E-state index contributed by atoms with van der Waals surface area (Å²) in [5.74, 6) is -0.714. The van der Waals surface area contributed by atoms with E-state index in [0.29, 0.717) is 11.0 Å². The molecular weight excluding hydrogens is 318 g/mol. The van der Waals surface area contributed by atoms with Crippen LogP contribution in [0.5, 0.6) is 0 Å². The molecule has 1 fully saturated rings. The third kappa shape index (κ3) is 3.84. The second-order valence-corrected chi connectivity index (χ2v) is 4.77. The molecule has 1 aliphatic rings. The third-order valence-corrected chi connectivity index (χ3v) is 3.37. The number of rotatable bonds is 2. The van der Waals surface area contributed by atoms with E-state index >= 15 is 0 Å². The van der Waals surface area contributed by atoms with Crippen molar-refractivity contribution in [1.29, 1.82) is 0 Å². The van der Waals surface area contributed by atoms with Gasteiger partial charge in [-0.25, -0.2) is 9.37 Å². The molecule has 0 spiro atoms. The Hall–Kier alpha value is -1.37. The number of aromatic amines is 1. The minimum Gasteiger partial charge on any atom is -0.348 e. The lowest BCUT2D eigenvalue weighted by molar-refractivity contribution is 0.0932. The first kappa shape index (κ1) is 17.7. The Labute approximate surface area is 133 Å². The highest BCUT2D eigenvalue weighted by Gasteiger charge is 2.19. The summed E-state index contributed by atoms with van der Waals surface area (Å²) in [5, 5.41) is 6.15. The molecule has 3 N–H and O–H groups in total. The number of halogens is 3. The lowest BCUT2D eigenvalue weighted by Crippen LogP contribution is -2.45. The first-order chi connectivity index (χ1) is 9.24. The minimum atomic E-state index is -0.441. The first-order valence-electron chi connectivity index (χ1n) is 6.38. The number of hydrogen-bond acceptors (Lipinski definition) is 3. The van der Waals surface area contributed by atoms with Gasteiger partial charge in [0.2, 0.25) is 0 Å². The van der Waals surface area contributed by atoms with Gasteiger partial charge in [0.05, 0.1) is 17.4 Å². The van der Waals surface area contributed by atoms with E-state index in [1.165, 1.54) is 18.5 Å². The van der Waals surface area contributed by atoms with Crippen molar-refractivity contribution < 1.29 is 9.18 Å². The number of imidazole rings is 1. The first-order valence-corrected chi connectivity index (χ1v) is 6.38. The second-order valence-electron chi connectivity index (χ2n) is 4.77. The fraction of sp³-hybridized carbons (Fsp3) is 0.385. The van der Waals surface area contributed by atoms with E-state index in [0.717, 1.165) is 25.9 Å². The Bertz CT molecular complexity index is 613. The smallest absolute Gasteiger partial charge is 0.253 e. The molecule has 0 aliphatic carbocycles. The molecule has 0 saturated carbocycles. The maximum absolute atomic E-state index is 13.5. The fourth-order valence-electron chi connectivity index (χ4n) is 2.43. The second kappa shape index (κ2) is 7.59. The van der Waals surface area contributed by atoms with E-state index in [4.69, 9.17) is 0 Å². The lowest BCUT2D eigenvalue weighted by Gasteiger charge is -2.23. The number of fused-ring (bicyclic) bond motifs is 1. The zero-order chi connectivity index (χ0) is 13.2. The molecular formula is C13H17Cl2FN4O. The van der Waals surface area contributed by atoms with Gasteiger partial charge in [-0.15, -0.1) is 24.8 Å². The summed E-state index contributed by atoms with van der Waals surface area (Å²) in [6.07, 6.45) is 3.44. The molecule has 8 heteroatoms. The van der Waals surface area contributed by atoms with Gasteiger partial charge < -0.3 is 15.6 Å². The molecule has 5 nitrogen and oxygen atoms in total. The van der Waals surface area contributed by atoms with E-state index in [2.05, 4.69) is 20.6 Å². The van der Waals surface area contributed by atoms with Gasteiger partial charge in [-0.3, -0.25) is 4.79 Å². The number of hydrogen-bond donors (Lipinski definition) is 3. The van der Waals surface area contributed by atoms with Gasteiger partial charge in [-0.2, -0.15) is 0 Å². The monoisotopic (exact) mass is 334 g/mol. The Morgan fingerprint density at radius 3 is 2.90 bits per heavy atom. The van der Waals surface area contributed by atoms with Crippen LogP contribution in [0.2, 0.25) is 0 Å². The molecule has 0 unspecified atom stereocenters. The van der Waals surface area contributed by atoms with Crippen molar-refractivity contribution in [2.75, 3.05) is 13.1 Å². The van der Waals surface area contributed by atoms with Gasteiger partial charge in [0, 0.05) is 12.6 Å². The van der Waals surface area contributed by atoms with Crippen LogP contribution >= 0.6 is 24.8 Å². The van der Waals surface area contributed by atoms with Crippen LogP contribution in [0.4, 0.5) is 4.39 Å². The van der Waals surface area contributed by atoms with Crippen LogP contribution in [0.1, 0.15) is 23.2 Å². The maximum Gasteiger partial charge on any atom is 0.253 e. The summed E-state index contributed by atoms with van der Waals surface area (Å²) >= 11 is 0. The molecule has 0 bridgehead atoms. The van der Waals surface area contributed by atoms with E-state index in [1.54, 1.807) is 0 Å². The average molecular weight is 335 g/mol. The number of H-pyrrole nitrogens is 1. The average Bonchev–Trinajstić information content (AvgIpc) is 2.86. The van der Waals surface area contributed by atoms with Crippen LogP contribution < -0.4 is 10.6 Å². The summed E-state index contributed by atoms with van der Waals surface area (Å²) in [6, 6.07) is 2.66. The Kier molecular flexibility index (Phi) is 6.39. The van der Waals surface area contributed by atoms with Crippen molar-refractivity contribution in [3.63, 3.8) is 0 Å². The van der Waals surface area contributed by atoms with Gasteiger partial charge in [0.1, 0.15) is 11.3 Å². The summed E-state index contributed by atoms with van der Waals surface area (Å²) in [6.45, 7) is 1.74. The third-order valence-electron chi connectivity index (χ3n) is 3.37. The molecule has 1 atom stereocenters. The molecule has 2 aromatic rings. The number of piperidine rings is 1. The number of nitrogens with one attached hydrogen (secondary N) is 3. The van der Waals surface area contributed by atoms with Crippen molar-refractivity contribution in [1.82, 2.24) is 20.6 Å². The minimum absolute atomic E-state index is 0. The largest absolute Gasteiger partial charge is 0.348 e. The van der Waals surface area contributed by atoms with Gasteiger partial charge in [-0.05, 0) is 31.5 Å². The highest BCUT2D eigenvalue weighted by Crippen LogP contribution is 2.17. The summed E-state index contributed by atoms with van der Waals surface area (Å²) in [4.78, 5) is 19.1. The Morgan fingerprint density at radius 1 is 1.38 bits per heavy atom. The number of aromatic nitrogens is 2. The van der Waals surface area contributed by atoms with E-state index in [-0.39, 0.29) is 42.3 Å². The highest BCUT2D eigenvalue weighted by atomic mass is 35.5. The Balaban J connectivity index is 0.00000110. The van der Waals surface area contributed by atoms with Crippen molar-refractivity contribution in [3.05, 3.63) is 29.8 Å². The van der Waals surface area contributed by atoms with Gasteiger partial charge in [0.25, 0.3) is 5.91 Å². The van der Waals surface area contributed by atoms with E-state index < -0.39 is 5.82 Å². The topological polar surface area (TPSA) is 69.8 Å². The number of benzene rings is 1. The highest BCUT2D eigenvalue weighted by molar-refractivity contribution is 6.04. The number of amides is 1. The van der Waals surface area contributed by atoms with Crippen molar-refractivity contribution >= 4 is 41.8 Å². The van der Waals surface area contributed by atoms with Crippen molar-refractivity contribution in [2.24, 2.45) is 0 Å². The molecule has 1 aromatic carbocycles. The zero-order valence-electron chi connectivity index (χ0n) is 11.2. The number of nitrogens with zero attached hydrogens (tertiary/aromatic N) is 1. The maximum atomic E-state index is 13.5. The number of carbonyl (C=O) groups excluding carboxylic acids is 1. The van der Waals surface area contributed by atoms with Crippen molar-refractivity contribution in [3.8, 4) is 0 Å². The number of carbonyl (C=O) groups is 1. The summed E-state index contributed by atoms with van der Waals surface area (Å²) in [5.41, 5.74) is 1.32. The van der Waals surface area contributed by atoms with Gasteiger partial charge in [-0.1, -0.05) is 0 Å². The quantitative estimate of drug-likeness (QED) is 0.787. The van der Waals surface area contributed by atoms with Crippen LogP contribution in [0.3, 0.4) is 0 Å². The predicted octanol–water partition coefficient (Wildman–Crippen LogP) is 2.03. The molecule has 1 aliphatic heterocycles. The van der Waals surface area contributed by atoms with Crippen LogP contribution in [-0.4, -0.2) is 35.0 Å². The van der Waals surface area contributed by atoms with Gasteiger partial charge >= 0.3 is 0 Å². The molecule has 1 amide bonds. The predicted molar refractivity (Wildman–Crippen MR) is 83.9 cm³/mol. The Morgan fingerprint density at radius 2 is 2.19 bits per heavy atom. The molecule has 2 heterocycles. The van der Waals surface area contributed by atoms with E-state index in [1.807, 2.05) is 0 Å². The lowest BCUT2D eigenvalue weighted by atomic mass is 10.1. The van der Waals surface area contributed by atoms with E-state index in [9.17, 15) is 9.18 Å². The standard InChI is InChI=1S/C13H15FN4O.2ClH/c14-8-4-10(12-11(5-8)16-7-17-12)13(19)18-9-2-1-3-15-6-9;;/h4-5,7,9,15H,1-3,6H2,(H,16,17)(H,18,19);2*1H/t9-;;/m0../s1. The van der Waals surface area contributed by atoms with Crippen LogP contribution in [-0.2, 0) is 0 Å². The van der Waals surface area contributed by atoms with Crippen LogP contribution in [0.25, 0.3) is 11.0 Å². The summed E-state index contributed by atoms with van der Waals surface area (Å²) in [7, 11) is 0. The molecule has 116 valence electrons. The van der Waals surface area contributed by atoms with Crippen LogP contribution in [0, 0.1) is 5.82 Å². The molecule has 1 saturated heterocycles.